The highest BCUT2D eigenvalue weighted by atomic mass is 16.4. The molecule has 3 atom stereocenters. The van der Waals surface area contributed by atoms with E-state index in [-0.39, 0.29) is 56.7 Å². The third kappa shape index (κ3) is 18.9. The van der Waals surface area contributed by atoms with Crippen LogP contribution in [0.2, 0.25) is 0 Å². The van der Waals surface area contributed by atoms with Gasteiger partial charge in [0.2, 0.25) is 35.4 Å². The van der Waals surface area contributed by atoms with Gasteiger partial charge in [0.05, 0.1) is 13.0 Å². The number of carbonyl (C=O) groups is 7. The molecular formula is C25H46N12O8. The molecular weight excluding hydrogens is 596 g/mol. The summed E-state index contributed by atoms with van der Waals surface area (Å²) in [5, 5.41) is 15.9. The van der Waals surface area contributed by atoms with E-state index in [1.54, 1.807) is 13.8 Å². The molecule has 0 saturated carbocycles. The maximum absolute atomic E-state index is 13.6. The number of hydrogen-bond donors (Lipinski definition) is 10. The number of carboxylic acids is 1. The second-order valence-corrected chi connectivity index (χ2v) is 10.4. The zero-order chi connectivity index (χ0) is 34.7. The third-order valence-electron chi connectivity index (χ3n) is 5.81. The Morgan fingerprint density at radius 2 is 1.13 bits per heavy atom. The smallest absolute Gasteiger partial charge is 0.305 e. The summed E-state index contributed by atoms with van der Waals surface area (Å²) < 4.78 is 0. The van der Waals surface area contributed by atoms with Crippen LogP contribution in [-0.2, 0) is 33.6 Å². The molecule has 0 saturated heterocycles. The van der Waals surface area contributed by atoms with Crippen LogP contribution in [0.5, 0.6) is 0 Å². The predicted octanol–water partition coefficient (Wildman–Crippen LogP) is -5.13. The van der Waals surface area contributed by atoms with Crippen LogP contribution in [0.1, 0.15) is 52.4 Å². The fourth-order valence-corrected chi connectivity index (χ4v) is 3.89. The van der Waals surface area contributed by atoms with Gasteiger partial charge in [0.1, 0.15) is 24.5 Å². The number of primary amides is 2. The van der Waals surface area contributed by atoms with Crippen molar-refractivity contribution in [3.8, 4) is 0 Å². The molecule has 20 nitrogen and oxygen atoms in total. The third-order valence-corrected chi connectivity index (χ3v) is 5.81. The van der Waals surface area contributed by atoms with Gasteiger partial charge in [0.25, 0.3) is 0 Å². The molecule has 0 heterocycles. The van der Waals surface area contributed by atoms with E-state index >= 15 is 0 Å². The number of nitrogens with two attached hydrogens (primary N) is 6. The molecule has 45 heavy (non-hydrogen) atoms. The number of carboxylic acid groups (broad SMARTS) is 1. The minimum atomic E-state index is -1.56. The van der Waals surface area contributed by atoms with Gasteiger partial charge in [0, 0.05) is 19.6 Å². The van der Waals surface area contributed by atoms with E-state index in [2.05, 4.69) is 25.9 Å². The average Bonchev–Trinajstić information content (AvgIpc) is 2.89. The first-order valence-corrected chi connectivity index (χ1v) is 14.0. The maximum atomic E-state index is 13.6. The number of aliphatic carboxylic acids is 1. The number of nitrogens with one attached hydrogen (secondary N) is 3. The summed E-state index contributed by atoms with van der Waals surface area (Å²) in [6, 6.07) is -3.87. The number of amides is 6. The predicted molar refractivity (Wildman–Crippen MR) is 162 cm³/mol. The molecule has 254 valence electrons. The number of carbonyl (C=O) groups excluding carboxylic acids is 6. The largest absolute Gasteiger partial charge is 0.481 e. The van der Waals surface area contributed by atoms with Crippen molar-refractivity contribution >= 4 is 53.3 Å². The Bertz CT molecular complexity index is 1120. The van der Waals surface area contributed by atoms with Gasteiger partial charge in [-0.1, -0.05) is 13.8 Å². The van der Waals surface area contributed by atoms with E-state index < -0.39 is 78.9 Å². The van der Waals surface area contributed by atoms with Gasteiger partial charge < -0.3 is 60.4 Å². The summed E-state index contributed by atoms with van der Waals surface area (Å²) in [5.41, 5.74) is 31.8. The first-order valence-electron chi connectivity index (χ1n) is 14.0. The van der Waals surface area contributed by atoms with E-state index in [9.17, 15) is 33.6 Å². The first-order chi connectivity index (χ1) is 20.9. The average molecular weight is 643 g/mol. The summed E-state index contributed by atoms with van der Waals surface area (Å²) in [5.74, 6) is -7.11. The van der Waals surface area contributed by atoms with Gasteiger partial charge >= 0.3 is 5.97 Å². The van der Waals surface area contributed by atoms with Crippen LogP contribution in [-0.4, -0.2) is 108 Å². The zero-order valence-corrected chi connectivity index (χ0v) is 25.5. The Morgan fingerprint density at radius 1 is 0.689 bits per heavy atom. The van der Waals surface area contributed by atoms with Crippen molar-refractivity contribution in [1.29, 1.82) is 0 Å². The molecule has 20 heteroatoms. The zero-order valence-electron chi connectivity index (χ0n) is 25.5. The van der Waals surface area contributed by atoms with Gasteiger partial charge in [-0.15, -0.1) is 0 Å². The molecule has 0 radical (unpaired) electrons. The van der Waals surface area contributed by atoms with Crippen molar-refractivity contribution < 1.29 is 38.7 Å². The number of rotatable bonds is 22. The van der Waals surface area contributed by atoms with Crippen LogP contribution < -0.4 is 50.4 Å². The Labute approximate surface area is 260 Å². The Balaban J connectivity index is 5.77. The second kappa shape index (κ2) is 20.7. The summed E-state index contributed by atoms with van der Waals surface area (Å²) in [6.45, 7) is 3.46. The molecule has 0 aromatic heterocycles. The van der Waals surface area contributed by atoms with Crippen molar-refractivity contribution in [2.75, 3.05) is 26.2 Å². The lowest BCUT2D eigenvalue weighted by Crippen LogP contribution is -2.54. The van der Waals surface area contributed by atoms with Gasteiger partial charge in [0.15, 0.2) is 11.9 Å². The van der Waals surface area contributed by atoms with Crippen molar-refractivity contribution in [2.24, 2.45) is 50.3 Å². The van der Waals surface area contributed by atoms with Crippen molar-refractivity contribution in [2.45, 2.75) is 70.5 Å². The van der Waals surface area contributed by atoms with Gasteiger partial charge in [-0.3, -0.25) is 43.5 Å². The van der Waals surface area contributed by atoms with Crippen LogP contribution in [0.4, 0.5) is 0 Å². The van der Waals surface area contributed by atoms with Gasteiger partial charge in [-0.25, -0.2) is 0 Å². The Hall–Kier alpha value is -5.17. The second-order valence-electron chi connectivity index (χ2n) is 10.4. The van der Waals surface area contributed by atoms with E-state index in [0.29, 0.717) is 6.42 Å². The summed E-state index contributed by atoms with van der Waals surface area (Å²) in [6.07, 6.45) is -1.00. The SMILES string of the molecule is CC(C)CN(CC(=O)N[C@@H](CCCN=C(N)N)C(N)=O)C(=O)[C@H](CCCN=C(N)N)NC(=O)CC(=O)N[C@@H](CC(=O)O)C(N)=O. The molecule has 6 amide bonds. The van der Waals surface area contributed by atoms with Crippen LogP contribution in [0.15, 0.2) is 9.98 Å². The van der Waals surface area contributed by atoms with Crippen molar-refractivity contribution in [3.05, 3.63) is 0 Å². The monoisotopic (exact) mass is 642 g/mol. The molecule has 0 aliphatic rings. The summed E-state index contributed by atoms with van der Waals surface area (Å²) >= 11 is 0. The molecule has 0 aromatic rings. The number of guanidine groups is 2. The Kier molecular flexibility index (Phi) is 18.3. The van der Waals surface area contributed by atoms with E-state index in [1.807, 2.05) is 0 Å². The molecule has 0 bridgehead atoms. The minimum absolute atomic E-state index is 0.00316. The highest BCUT2D eigenvalue weighted by molar-refractivity contribution is 6.01. The topological polar surface area (TPSA) is 360 Å². The van der Waals surface area contributed by atoms with Gasteiger partial charge in [-0.2, -0.15) is 0 Å². The number of hydrogen-bond acceptors (Lipinski definition) is 9. The standard InChI is InChI=1S/C25H46N12O8/c1-13(2)11-37(12-19(40)34-14(21(26)43)5-3-7-32-24(28)29)23(45)15(6-4-8-33-25(30)31)35-17(38)10-18(39)36-16(22(27)44)9-20(41)42/h13-16H,3-12H2,1-2H3,(H2,26,43)(H2,27,44)(H,34,40)(H,35,38)(H,36,39)(H,41,42)(H4,28,29,32)(H4,30,31,33)/t14-,15-,16-/m0/s1. The summed E-state index contributed by atoms with van der Waals surface area (Å²) in [4.78, 5) is 94.7. The lowest BCUT2D eigenvalue weighted by molar-refractivity contribution is -0.141. The first kappa shape index (κ1) is 39.8. The number of aliphatic imine (C=N–C) groups is 2. The molecule has 0 aromatic carbocycles. The number of nitrogens with zero attached hydrogens (tertiary/aromatic N) is 3. The maximum Gasteiger partial charge on any atom is 0.305 e. The highest BCUT2D eigenvalue weighted by Crippen LogP contribution is 2.08. The fraction of sp³-hybridized carbons (Fsp3) is 0.640. The molecule has 0 rings (SSSR count). The molecule has 0 aliphatic carbocycles. The molecule has 0 spiro atoms. The van der Waals surface area contributed by atoms with Crippen molar-refractivity contribution in [1.82, 2.24) is 20.9 Å². The molecule has 0 fully saturated rings. The molecule has 0 aliphatic heterocycles. The van der Waals surface area contributed by atoms with Crippen LogP contribution >= 0.6 is 0 Å². The van der Waals surface area contributed by atoms with Crippen LogP contribution in [0.3, 0.4) is 0 Å². The van der Waals surface area contributed by atoms with Crippen LogP contribution in [0, 0.1) is 5.92 Å². The van der Waals surface area contributed by atoms with E-state index in [0.717, 1.165) is 0 Å². The quantitative estimate of drug-likeness (QED) is 0.0229. The summed E-state index contributed by atoms with van der Waals surface area (Å²) in [7, 11) is 0. The van der Waals surface area contributed by atoms with E-state index in [1.165, 1.54) is 4.90 Å². The van der Waals surface area contributed by atoms with Gasteiger partial charge in [-0.05, 0) is 31.6 Å². The lowest BCUT2D eigenvalue weighted by Gasteiger charge is -2.29. The molecule has 0 unspecified atom stereocenters. The Morgan fingerprint density at radius 3 is 1.56 bits per heavy atom. The lowest BCUT2D eigenvalue weighted by atomic mass is 10.1. The normalized spacial score (nSPS) is 12.5. The molecule has 16 N–H and O–H groups in total. The highest BCUT2D eigenvalue weighted by Gasteiger charge is 2.30. The van der Waals surface area contributed by atoms with Crippen LogP contribution in [0.25, 0.3) is 0 Å². The fourth-order valence-electron chi connectivity index (χ4n) is 3.89. The van der Waals surface area contributed by atoms with E-state index in [4.69, 9.17) is 39.5 Å². The minimum Gasteiger partial charge on any atom is -0.481 e. The van der Waals surface area contributed by atoms with Crippen molar-refractivity contribution in [3.63, 3.8) is 0 Å².